The smallest absolute Gasteiger partial charge is 0.418 e. The van der Waals surface area contributed by atoms with Crippen LogP contribution in [0.1, 0.15) is 24.5 Å². The minimum Gasteiger partial charge on any atom is -0.465 e. The van der Waals surface area contributed by atoms with E-state index in [1.54, 1.807) is 10.3 Å². The van der Waals surface area contributed by atoms with E-state index in [0.717, 1.165) is 23.5 Å². The molecule has 0 saturated carbocycles. The minimum atomic E-state index is -5.13. The van der Waals surface area contributed by atoms with Crippen LogP contribution in [0.5, 0.6) is 0 Å². The molecular formula is C21H18F6N4O4S. The molecule has 0 aliphatic carbocycles. The Labute approximate surface area is 203 Å². The van der Waals surface area contributed by atoms with E-state index in [1.807, 2.05) is 0 Å². The number of carboxylic acid groups (broad SMARTS) is 1. The number of aromatic nitrogens is 2. The van der Waals surface area contributed by atoms with E-state index in [4.69, 9.17) is 4.42 Å². The van der Waals surface area contributed by atoms with Crippen LogP contribution >= 0.6 is 11.3 Å². The molecule has 2 fully saturated rings. The van der Waals surface area contributed by atoms with Crippen LogP contribution in [0.2, 0.25) is 0 Å². The first kappa shape index (κ1) is 24.6. The number of oxazole rings is 1. The number of piperazine rings is 1. The molecule has 36 heavy (non-hydrogen) atoms. The van der Waals surface area contributed by atoms with Crippen LogP contribution < -0.4 is 4.90 Å². The van der Waals surface area contributed by atoms with E-state index >= 15 is 0 Å². The number of anilines is 1. The Morgan fingerprint density at radius 3 is 2.44 bits per heavy atom. The van der Waals surface area contributed by atoms with Crippen molar-refractivity contribution in [1.82, 2.24) is 14.9 Å². The lowest BCUT2D eigenvalue weighted by Crippen LogP contribution is -2.55. The molecule has 1 aromatic carbocycles. The van der Waals surface area contributed by atoms with E-state index in [9.17, 15) is 36.2 Å². The standard InChI is InChI=1S/C21H18F6N4O4S/c22-20(23,24)9-34-16(21(25,26)27)10-5-13(17-28-3-4-36-17)15-14(6-10)29-18(35-15)30-7-11-1-2-12(8-30)31(11)19(32)33/h3-6,11-12,16H,1-2,7-9H2,(H,32,33). The molecule has 2 bridgehead atoms. The number of thiazole rings is 1. The highest BCUT2D eigenvalue weighted by Crippen LogP contribution is 2.42. The predicted octanol–water partition coefficient (Wildman–Crippen LogP) is 5.46. The summed E-state index contributed by atoms with van der Waals surface area (Å²) in [5.74, 6) is 0. The number of halogens is 6. The zero-order valence-corrected chi connectivity index (χ0v) is 19.0. The van der Waals surface area contributed by atoms with Gasteiger partial charge in [0.25, 0.3) is 6.01 Å². The highest BCUT2D eigenvalue weighted by atomic mass is 32.1. The molecular weight excluding hydrogens is 518 g/mol. The first-order chi connectivity index (χ1) is 16.9. The number of ether oxygens (including phenoxy) is 1. The van der Waals surface area contributed by atoms with Crippen molar-refractivity contribution >= 4 is 34.5 Å². The van der Waals surface area contributed by atoms with Crippen molar-refractivity contribution in [3.05, 3.63) is 29.3 Å². The molecule has 2 saturated heterocycles. The number of hydrogen-bond acceptors (Lipinski definition) is 7. The normalized spacial score (nSPS) is 21.4. The summed E-state index contributed by atoms with van der Waals surface area (Å²) in [6, 6.07) is 1.57. The van der Waals surface area contributed by atoms with Gasteiger partial charge in [0.1, 0.15) is 17.1 Å². The summed E-state index contributed by atoms with van der Waals surface area (Å²) in [5, 5.41) is 11.3. The van der Waals surface area contributed by atoms with Gasteiger partial charge in [0.15, 0.2) is 11.7 Å². The zero-order chi connectivity index (χ0) is 25.8. The first-order valence-corrected chi connectivity index (χ1v) is 11.6. The molecule has 2 aromatic heterocycles. The van der Waals surface area contributed by atoms with Gasteiger partial charge in [0, 0.05) is 24.7 Å². The lowest BCUT2D eigenvalue weighted by molar-refractivity contribution is -0.258. The van der Waals surface area contributed by atoms with Gasteiger partial charge in [-0.2, -0.15) is 31.3 Å². The second kappa shape index (κ2) is 8.80. The third-order valence-corrected chi connectivity index (χ3v) is 6.96. The van der Waals surface area contributed by atoms with Gasteiger partial charge in [0.05, 0.1) is 17.6 Å². The maximum absolute atomic E-state index is 13.7. The van der Waals surface area contributed by atoms with Crippen LogP contribution in [0, 0.1) is 0 Å². The monoisotopic (exact) mass is 536 g/mol. The van der Waals surface area contributed by atoms with Gasteiger partial charge in [-0.25, -0.2) is 9.78 Å². The molecule has 1 N–H and O–H groups in total. The summed E-state index contributed by atoms with van der Waals surface area (Å²) in [6.45, 7) is -1.51. The molecule has 3 aromatic rings. The quantitative estimate of drug-likeness (QED) is 0.433. The number of amides is 1. The summed E-state index contributed by atoms with van der Waals surface area (Å²) in [4.78, 5) is 23.1. The van der Waals surface area contributed by atoms with Gasteiger partial charge in [-0.1, -0.05) is 0 Å². The van der Waals surface area contributed by atoms with Crippen molar-refractivity contribution in [2.75, 3.05) is 24.6 Å². The van der Waals surface area contributed by atoms with Crippen LogP contribution in [0.3, 0.4) is 0 Å². The fourth-order valence-corrected chi connectivity index (χ4v) is 5.42. The summed E-state index contributed by atoms with van der Waals surface area (Å²) in [7, 11) is 0. The van der Waals surface area contributed by atoms with Crippen molar-refractivity contribution in [2.24, 2.45) is 0 Å². The number of benzene rings is 1. The van der Waals surface area contributed by atoms with Crippen molar-refractivity contribution < 1.29 is 45.4 Å². The molecule has 1 amide bonds. The first-order valence-electron chi connectivity index (χ1n) is 10.8. The van der Waals surface area contributed by atoms with Gasteiger partial charge in [-0.05, 0) is 30.5 Å². The predicted molar refractivity (Wildman–Crippen MR) is 115 cm³/mol. The van der Waals surface area contributed by atoms with E-state index in [0.29, 0.717) is 12.8 Å². The van der Waals surface area contributed by atoms with Crippen LogP contribution in [0.15, 0.2) is 28.1 Å². The number of rotatable bonds is 5. The number of nitrogens with zero attached hydrogens (tertiary/aromatic N) is 4. The van der Waals surface area contributed by atoms with Crippen molar-refractivity contribution in [3.8, 4) is 10.6 Å². The van der Waals surface area contributed by atoms with Crippen LogP contribution in [0.25, 0.3) is 21.7 Å². The highest BCUT2D eigenvalue weighted by Gasteiger charge is 2.46. The van der Waals surface area contributed by atoms with Gasteiger partial charge in [-0.3, -0.25) is 4.90 Å². The average molecular weight is 536 g/mol. The molecule has 15 heteroatoms. The number of carbonyl (C=O) groups is 1. The fourth-order valence-electron chi connectivity index (χ4n) is 4.77. The summed E-state index contributed by atoms with van der Waals surface area (Å²) < 4.78 is 89.4. The Bertz CT molecular complexity index is 1250. The van der Waals surface area contributed by atoms with Gasteiger partial charge >= 0.3 is 18.4 Å². The molecule has 5 rings (SSSR count). The van der Waals surface area contributed by atoms with Crippen molar-refractivity contribution in [3.63, 3.8) is 0 Å². The van der Waals surface area contributed by atoms with Crippen LogP contribution in [0.4, 0.5) is 37.2 Å². The largest absolute Gasteiger partial charge is 0.465 e. The maximum atomic E-state index is 13.7. The van der Waals surface area contributed by atoms with Crippen molar-refractivity contribution in [2.45, 2.75) is 43.4 Å². The average Bonchev–Trinajstić information content (AvgIpc) is 3.49. The Hall–Kier alpha value is -3.07. The molecule has 3 unspecified atom stereocenters. The third-order valence-electron chi connectivity index (χ3n) is 6.15. The second-order valence-corrected chi connectivity index (χ2v) is 9.47. The third kappa shape index (κ3) is 4.68. The van der Waals surface area contributed by atoms with Gasteiger partial charge < -0.3 is 19.2 Å². The molecule has 0 radical (unpaired) electrons. The lowest BCUT2D eigenvalue weighted by Gasteiger charge is -2.38. The fraction of sp³-hybridized carbons (Fsp3) is 0.476. The van der Waals surface area contributed by atoms with Gasteiger partial charge in [-0.15, -0.1) is 11.3 Å². The van der Waals surface area contributed by atoms with Crippen molar-refractivity contribution in [1.29, 1.82) is 0 Å². The molecule has 0 spiro atoms. The Morgan fingerprint density at radius 1 is 1.19 bits per heavy atom. The molecule has 4 heterocycles. The van der Waals surface area contributed by atoms with E-state index < -0.39 is 36.7 Å². The lowest BCUT2D eigenvalue weighted by atomic mass is 10.0. The molecule has 194 valence electrons. The number of fused-ring (bicyclic) bond motifs is 3. The molecule has 8 nitrogen and oxygen atoms in total. The summed E-state index contributed by atoms with van der Waals surface area (Å²) in [5.41, 5.74) is -0.327. The topological polar surface area (TPSA) is 91.9 Å². The Balaban J connectivity index is 1.55. The maximum Gasteiger partial charge on any atom is 0.418 e. The number of alkyl halides is 6. The zero-order valence-electron chi connectivity index (χ0n) is 18.2. The molecule has 3 atom stereocenters. The Morgan fingerprint density at radius 2 is 1.89 bits per heavy atom. The van der Waals surface area contributed by atoms with Gasteiger partial charge in [0.2, 0.25) is 0 Å². The SMILES string of the molecule is O=C(O)N1C2CCC1CN(c1nc3cc(C(OCC(F)(F)F)C(F)(F)F)cc(-c4nccs4)c3o1)C2. The summed E-state index contributed by atoms with van der Waals surface area (Å²) >= 11 is 1.11. The minimum absolute atomic E-state index is 0.00873. The number of hydrogen-bond donors (Lipinski definition) is 1. The highest BCUT2D eigenvalue weighted by molar-refractivity contribution is 7.13. The molecule has 2 aliphatic heterocycles. The molecule has 2 aliphatic rings. The van der Waals surface area contributed by atoms with E-state index in [-0.39, 0.29) is 52.9 Å². The van der Waals surface area contributed by atoms with E-state index in [1.165, 1.54) is 11.1 Å². The Kier molecular flexibility index (Phi) is 6.01. The van der Waals surface area contributed by atoms with E-state index in [2.05, 4.69) is 14.7 Å². The summed E-state index contributed by atoms with van der Waals surface area (Å²) in [6.07, 6.45) is -11.2. The van der Waals surface area contributed by atoms with Crippen LogP contribution in [-0.2, 0) is 4.74 Å². The second-order valence-electron chi connectivity index (χ2n) is 8.58. The van der Waals surface area contributed by atoms with Crippen LogP contribution in [-0.4, -0.2) is 70.2 Å².